The molecule has 5 nitrogen and oxygen atoms in total. The lowest BCUT2D eigenvalue weighted by molar-refractivity contribution is -0.570. The van der Waals surface area contributed by atoms with Crippen molar-refractivity contribution in [3.05, 3.63) is 30.6 Å². The van der Waals surface area contributed by atoms with Crippen LogP contribution in [0.1, 0.15) is 0 Å². The van der Waals surface area contributed by atoms with Gasteiger partial charge in [-0.1, -0.05) is 6.07 Å². The zero-order valence-corrected chi connectivity index (χ0v) is 7.92. The molecular formula is C6H6ClN2O3S+. The molecule has 0 aliphatic rings. The van der Waals surface area contributed by atoms with Crippen molar-refractivity contribution in [3.8, 4) is 0 Å². The predicted octanol–water partition coefficient (Wildman–Crippen LogP) is 0.0154. The molecule has 0 bridgehead atoms. The number of nitrogens with zero attached hydrogens (tertiary/aromatic N) is 1. The predicted molar refractivity (Wildman–Crippen MR) is 45.3 cm³/mol. The van der Waals surface area contributed by atoms with Gasteiger partial charge in [0.2, 0.25) is 0 Å². The van der Waals surface area contributed by atoms with Crippen LogP contribution in [0.2, 0.25) is 0 Å². The number of hydrogen-bond acceptors (Lipinski definition) is 3. The first kappa shape index (κ1) is 9.94. The Morgan fingerprint density at radius 3 is 2.23 bits per heavy atom. The fourth-order valence-electron chi connectivity index (χ4n) is 0.691. The smallest absolute Gasteiger partial charge is 0.195 e. The van der Waals surface area contributed by atoms with Crippen molar-refractivity contribution in [3.63, 3.8) is 0 Å². The number of carbonyl (C=O) groups is 1. The molecule has 7 heteroatoms. The summed E-state index contributed by atoms with van der Waals surface area (Å²) in [6.07, 6.45) is 2.80. The van der Waals surface area contributed by atoms with Gasteiger partial charge in [-0.05, 0) is 12.1 Å². The Hall–Kier alpha value is -1.14. The van der Waals surface area contributed by atoms with Crippen LogP contribution in [0.4, 0.5) is 4.79 Å². The number of rotatable bonds is 1. The first-order valence-corrected chi connectivity index (χ1v) is 5.53. The highest BCUT2D eigenvalue weighted by Gasteiger charge is 2.20. The van der Waals surface area contributed by atoms with Gasteiger partial charge in [0.15, 0.2) is 0 Å². The highest BCUT2D eigenvalue weighted by molar-refractivity contribution is 8.12. The number of amides is 1. The lowest BCUT2D eigenvalue weighted by Crippen LogP contribution is -2.50. The average molecular weight is 222 g/mol. The van der Waals surface area contributed by atoms with Gasteiger partial charge >= 0.3 is 15.3 Å². The van der Waals surface area contributed by atoms with Gasteiger partial charge < -0.3 is 0 Å². The molecule has 70 valence electrons. The van der Waals surface area contributed by atoms with E-state index >= 15 is 0 Å². The second kappa shape index (κ2) is 3.71. The van der Waals surface area contributed by atoms with Gasteiger partial charge in [-0.2, -0.15) is 17.8 Å². The van der Waals surface area contributed by atoms with Crippen molar-refractivity contribution in [2.75, 3.05) is 0 Å². The van der Waals surface area contributed by atoms with Gasteiger partial charge in [-0.25, -0.2) is 0 Å². The second-order valence-electron chi connectivity index (χ2n) is 2.13. The number of nitrogens with one attached hydrogen (secondary N) is 1. The molecule has 1 aromatic rings. The topological polar surface area (TPSA) is 67.1 Å². The van der Waals surface area contributed by atoms with E-state index in [-0.39, 0.29) is 0 Å². The normalized spacial score (nSPS) is 10.8. The Morgan fingerprint density at radius 2 is 1.77 bits per heavy atom. The van der Waals surface area contributed by atoms with Crippen molar-refractivity contribution in [1.29, 1.82) is 0 Å². The minimum atomic E-state index is -4.02. The Labute approximate surface area is 79.5 Å². The van der Waals surface area contributed by atoms with Crippen LogP contribution in [0, 0.1) is 0 Å². The molecule has 1 N–H and O–H groups in total. The van der Waals surface area contributed by atoms with Gasteiger partial charge in [0.05, 0.1) is 23.1 Å². The third-order valence-electron chi connectivity index (χ3n) is 1.16. The molecule has 1 amide bonds. The summed E-state index contributed by atoms with van der Waals surface area (Å²) in [5.74, 6) is 0. The second-order valence-corrected chi connectivity index (χ2v) is 4.43. The molecule has 0 aliphatic carbocycles. The monoisotopic (exact) mass is 221 g/mol. The van der Waals surface area contributed by atoms with E-state index in [9.17, 15) is 13.2 Å². The molecule has 0 aliphatic heterocycles. The van der Waals surface area contributed by atoms with Crippen LogP contribution in [0.25, 0.3) is 0 Å². The van der Waals surface area contributed by atoms with Crippen LogP contribution in [0.3, 0.4) is 0 Å². The minimum absolute atomic E-state index is 0.824. The van der Waals surface area contributed by atoms with E-state index in [1.54, 1.807) is 22.9 Å². The summed E-state index contributed by atoms with van der Waals surface area (Å²) in [4.78, 5) is 11.0. The molecular weight excluding hydrogens is 216 g/mol. The zero-order valence-electron chi connectivity index (χ0n) is 6.34. The van der Waals surface area contributed by atoms with Crippen LogP contribution >= 0.6 is 10.7 Å². The largest absolute Gasteiger partial charge is 0.512 e. The molecule has 0 spiro atoms. The van der Waals surface area contributed by atoms with Gasteiger partial charge in [0, 0.05) is 0 Å². The van der Waals surface area contributed by atoms with E-state index in [0.717, 1.165) is 4.57 Å². The van der Waals surface area contributed by atoms with E-state index in [2.05, 4.69) is 0 Å². The fourth-order valence-corrected chi connectivity index (χ4v) is 1.20. The molecule has 0 atom stereocenters. The summed E-state index contributed by atoms with van der Waals surface area (Å²) < 4.78 is 23.5. The molecule has 0 aromatic carbocycles. The molecule has 0 saturated heterocycles. The van der Waals surface area contributed by atoms with Crippen LogP contribution in [-0.4, -0.2) is 14.4 Å². The minimum Gasteiger partial charge on any atom is -0.195 e. The fraction of sp³-hybridized carbons (Fsp3) is 0. The van der Waals surface area contributed by atoms with Gasteiger partial charge in [0.25, 0.3) is 0 Å². The number of hydrogen-bond donors (Lipinski definition) is 1. The van der Waals surface area contributed by atoms with E-state index < -0.39 is 15.3 Å². The van der Waals surface area contributed by atoms with E-state index in [0.29, 0.717) is 0 Å². The highest BCUT2D eigenvalue weighted by atomic mass is 35.7. The third-order valence-corrected chi connectivity index (χ3v) is 1.81. The van der Waals surface area contributed by atoms with Crippen molar-refractivity contribution >= 4 is 26.0 Å². The maximum absolute atomic E-state index is 11.0. The van der Waals surface area contributed by atoms with Crippen LogP contribution in [-0.2, 0) is 9.24 Å². The molecule has 13 heavy (non-hydrogen) atoms. The van der Waals surface area contributed by atoms with Crippen molar-refractivity contribution in [2.45, 2.75) is 0 Å². The van der Waals surface area contributed by atoms with Gasteiger partial charge in [-0.3, -0.25) is 0 Å². The Balaban J connectivity index is 2.82. The van der Waals surface area contributed by atoms with Crippen molar-refractivity contribution < 1.29 is 17.8 Å². The summed E-state index contributed by atoms with van der Waals surface area (Å²) in [5, 5.41) is 0. The van der Waals surface area contributed by atoms with Gasteiger partial charge in [0.1, 0.15) is 0 Å². The zero-order chi connectivity index (χ0) is 9.90. The van der Waals surface area contributed by atoms with E-state index in [4.69, 9.17) is 10.7 Å². The standard InChI is InChI=1S/C6H5ClN2O3S/c7-13(11,12)8-6(10)9-4-2-1-3-5-9/h1-5H/p+1. The Kier molecular flexibility index (Phi) is 2.84. The molecule has 1 rings (SSSR count). The Bertz CT molecular complexity index is 403. The van der Waals surface area contributed by atoms with E-state index in [1.165, 1.54) is 12.4 Å². The summed E-state index contributed by atoms with van der Waals surface area (Å²) in [6.45, 7) is 0. The van der Waals surface area contributed by atoms with Crippen LogP contribution in [0.15, 0.2) is 30.6 Å². The molecule has 0 radical (unpaired) electrons. The summed E-state index contributed by atoms with van der Waals surface area (Å²) in [6, 6.07) is 4.04. The molecule has 1 aromatic heterocycles. The highest BCUT2D eigenvalue weighted by Crippen LogP contribution is 1.88. The Morgan fingerprint density at radius 1 is 1.23 bits per heavy atom. The van der Waals surface area contributed by atoms with Crippen molar-refractivity contribution in [2.24, 2.45) is 0 Å². The average Bonchev–Trinajstić information content (AvgIpc) is 2.03. The molecule has 0 saturated carbocycles. The number of aromatic nitrogens is 1. The summed E-state index contributed by atoms with van der Waals surface area (Å²) in [5.41, 5.74) is 0. The SMILES string of the molecule is O=C(NS(=O)(=O)Cl)[n+]1ccccc1. The van der Waals surface area contributed by atoms with Crippen LogP contribution < -0.4 is 9.29 Å². The maximum Gasteiger partial charge on any atom is 0.512 e. The van der Waals surface area contributed by atoms with E-state index in [1.807, 2.05) is 0 Å². The van der Waals surface area contributed by atoms with Gasteiger partial charge in [-0.15, -0.1) is 4.72 Å². The van der Waals surface area contributed by atoms with Crippen molar-refractivity contribution in [1.82, 2.24) is 4.72 Å². The lowest BCUT2D eigenvalue weighted by Gasteiger charge is -1.93. The molecule has 1 heterocycles. The first-order chi connectivity index (χ1) is 5.99. The third kappa shape index (κ3) is 3.39. The number of pyridine rings is 1. The lowest BCUT2D eigenvalue weighted by atomic mass is 10.5. The summed E-state index contributed by atoms with van der Waals surface area (Å²) in [7, 11) is 0.785. The molecule has 0 unspecified atom stereocenters. The first-order valence-electron chi connectivity index (χ1n) is 3.22. The maximum atomic E-state index is 11.0. The number of halogens is 1. The van der Waals surface area contributed by atoms with Crippen LogP contribution in [0.5, 0.6) is 0 Å². The number of carbonyl (C=O) groups excluding carboxylic acids is 1. The quantitative estimate of drug-likeness (QED) is 0.537. The summed E-state index contributed by atoms with van der Waals surface area (Å²) >= 11 is 0. The molecule has 0 fully saturated rings.